The molecule has 3 aromatic rings. The second-order valence-electron chi connectivity index (χ2n) is 4.84. The quantitative estimate of drug-likeness (QED) is 0.696. The van der Waals surface area contributed by atoms with Gasteiger partial charge >= 0.3 is 5.69 Å². The first-order chi connectivity index (χ1) is 10.1. The van der Waals surface area contributed by atoms with Gasteiger partial charge in [-0.15, -0.1) is 0 Å². The number of aryl methyl sites for hydroxylation is 1. The van der Waals surface area contributed by atoms with Gasteiger partial charge in [-0.2, -0.15) is 4.98 Å². The Bertz CT molecular complexity index is 830. The Morgan fingerprint density at radius 2 is 1.86 bits per heavy atom. The van der Waals surface area contributed by atoms with Crippen LogP contribution in [0.5, 0.6) is 0 Å². The van der Waals surface area contributed by atoms with Crippen molar-refractivity contribution in [3.05, 3.63) is 70.3 Å². The van der Waals surface area contributed by atoms with E-state index in [4.69, 9.17) is 0 Å². The molecule has 2 aromatic heterocycles. The maximum absolute atomic E-state index is 12.1. The van der Waals surface area contributed by atoms with Crippen molar-refractivity contribution >= 4 is 17.4 Å². The predicted octanol–water partition coefficient (Wildman–Crippen LogP) is 3.25. The molecule has 4 nitrogen and oxygen atoms in total. The van der Waals surface area contributed by atoms with E-state index in [0.717, 1.165) is 5.56 Å². The van der Waals surface area contributed by atoms with Gasteiger partial charge < -0.3 is 0 Å². The highest BCUT2D eigenvalue weighted by Gasteiger charge is 2.12. The van der Waals surface area contributed by atoms with Gasteiger partial charge in [0.2, 0.25) is 0 Å². The van der Waals surface area contributed by atoms with Crippen LogP contribution in [-0.4, -0.2) is 14.4 Å². The van der Waals surface area contributed by atoms with Crippen molar-refractivity contribution in [1.82, 2.24) is 14.4 Å². The minimum Gasteiger partial charge on any atom is -0.251 e. The zero-order chi connectivity index (χ0) is 14.8. The maximum atomic E-state index is 12.1. The summed E-state index contributed by atoms with van der Waals surface area (Å²) in [5.74, 6) is 0. The summed E-state index contributed by atoms with van der Waals surface area (Å²) < 4.78 is 1.48. The van der Waals surface area contributed by atoms with Crippen molar-refractivity contribution in [2.24, 2.45) is 0 Å². The molecular weight excluding hydrogens is 282 g/mol. The Kier molecular flexibility index (Phi) is 3.75. The number of hydrogen-bond donors (Lipinski definition) is 0. The number of thioether (sulfide) groups is 1. The van der Waals surface area contributed by atoms with Crippen molar-refractivity contribution in [3.63, 3.8) is 0 Å². The van der Waals surface area contributed by atoms with E-state index < -0.39 is 0 Å². The van der Waals surface area contributed by atoms with E-state index in [0.29, 0.717) is 10.8 Å². The van der Waals surface area contributed by atoms with E-state index in [-0.39, 0.29) is 10.9 Å². The van der Waals surface area contributed by atoms with Crippen LogP contribution in [0.1, 0.15) is 23.3 Å². The fraction of sp³-hybridized carbons (Fsp3) is 0.188. The van der Waals surface area contributed by atoms with Crippen LogP contribution in [0.2, 0.25) is 0 Å². The molecule has 0 N–H and O–H groups in total. The van der Waals surface area contributed by atoms with E-state index in [2.05, 4.69) is 29.0 Å². The molecule has 0 saturated heterocycles. The Balaban J connectivity index is 1.98. The molecule has 5 heteroatoms. The molecule has 0 radical (unpaired) electrons. The van der Waals surface area contributed by atoms with Crippen molar-refractivity contribution < 1.29 is 0 Å². The van der Waals surface area contributed by atoms with Crippen LogP contribution in [0.25, 0.3) is 5.65 Å². The lowest BCUT2D eigenvalue weighted by molar-refractivity contribution is 0.838. The molecule has 21 heavy (non-hydrogen) atoms. The van der Waals surface area contributed by atoms with Gasteiger partial charge in [0.05, 0.1) is 0 Å². The minimum absolute atomic E-state index is 0.192. The minimum atomic E-state index is -0.286. The second-order valence-corrected chi connectivity index (χ2v) is 6.15. The third-order valence-corrected chi connectivity index (χ3v) is 4.33. The number of nitrogens with zero attached hydrogens (tertiary/aromatic N) is 3. The van der Waals surface area contributed by atoms with Crippen LogP contribution in [-0.2, 0) is 0 Å². The molecular formula is C16H15N3OS. The standard InChI is InChI=1S/C16H15N3OS/c1-11-7-6-10-19-14(11)17-15(18-16(19)20)21-12(2)13-8-4-3-5-9-13/h3-10,12H,1-2H3/t12-/m1/s1. The molecule has 2 heterocycles. The average molecular weight is 297 g/mol. The molecule has 106 valence electrons. The summed E-state index contributed by atoms with van der Waals surface area (Å²) in [4.78, 5) is 20.7. The van der Waals surface area contributed by atoms with Gasteiger partial charge in [0.25, 0.3) is 0 Å². The third-order valence-electron chi connectivity index (χ3n) is 3.31. The van der Waals surface area contributed by atoms with Crippen molar-refractivity contribution in [2.75, 3.05) is 0 Å². The summed E-state index contributed by atoms with van der Waals surface area (Å²) in [6.45, 7) is 4.03. The molecule has 0 fully saturated rings. The molecule has 1 atom stereocenters. The summed E-state index contributed by atoms with van der Waals surface area (Å²) in [5.41, 5.74) is 2.54. The number of hydrogen-bond acceptors (Lipinski definition) is 4. The fourth-order valence-corrected chi connectivity index (χ4v) is 3.04. The predicted molar refractivity (Wildman–Crippen MR) is 84.7 cm³/mol. The molecule has 0 amide bonds. The molecule has 1 aromatic carbocycles. The lowest BCUT2D eigenvalue weighted by atomic mass is 10.2. The Morgan fingerprint density at radius 1 is 1.10 bits per heavy atom. The third kappa shape index (κ3) is 2.83. The van der Waals surface area contributed by atoms with Gasteiger partial charge in [0, 0.05) is 11.4 Å². The summed E-state index contributed by atoms with van der Waals surface area (Å²) >= 11 is 1.50. The SMILES string of the molecule is Cc1cccn2c(=O)nc(S[C@H](C)c3ccccc3)nc12. The Hall–Kier alpha value is -2.14. The molecule has 3 rings (SSSR count). The Labute approximate surface area is 126 Å². The number of benzene rings is 1. The maximum Gasteiger partial charge on any atom is 0.355 e. The molecule has 0 aliphatic carbocycles. The van der Waals surface area contributed by atoms with E-state index in [1.54, 1.807) is 6.20 Å². The van der Waals surface area contributed by atoms with Crippen LogP contribution in [0.15, 0.2) is 58.6 Å². The van der Waals surface area contributed by atoms with Crippen LogP contribution in [0, 0.1) is 6.92 Å². The number of fused-ring (bicyclic) bond motifs is 1. The first-order valence-corrected chi connectivity index (χ1v) is 7.61. The lowest BCUT2D eigenvalue weighted by Gasteiger charge is -2.11. The van der Waals surface area contributed by atoms with E-state index in [1.807, 2.05) is 37.3 Å². The van der Waals surface area contributed by atoms with E-state index in [1.165, 1.54) is 21.7 Å². The van der Waals surface area contributed by atoms with Gasteiger partial charge in [-0.3, -0.25) is 4.40 Å². The average Bonchev–Trinajstić information content (AvgIpc) is 2.49. The highest BCUT2D eigenvalue weighted by atomic mass is 32.2. The first-order valence-electron chi connectivity index (χ1n) is 6.73. The van der Waals surface area contributed by atoms with Crippen LogP contribution in [0.3, 0.4) is 0 Å². The normalized spacial score (nSPS) is 12.5. The van der Waals surface area contributed by atoms with Gasteiger partial charge in [-0.05, 0) is 31.0 Å². The van der Waals surface area contributed by atoms with Gasteiger partial charge in [0.1, 0.15) is 5.65 Å². The van der Waals surface area contributed by atoms with Crippen molar-refractivity contribution in [2.45, 2.75) is 24.3 Å². The monoisotopic (exact) mass is 297 g/mol. The van der Waals surface area contributed by atoms with E-state index >= 15 is 0 Å². The Morgan fingerprint density at radius 3 is 2.62 bits per heavy atom. The molecule has 0 unspecified atom stereocenters. The van der Waals surface area contributed by atoms with Crippen LogP contribution in [0.4, 0.5) is 0 Å². The second kappa shape index (κ2) is 5.69. The highest BCUT2D eigenvalue weighted by molar-refractivity contribution is 7.99. The van der Waals surface area contributed by atoms with Gasteiger partial charge in [0.15, 0.2) is 5.16 Å². The zero-order valence-corrected chi connectivity index (χ0v) is 12.7. The summed E-state index contributed by atoms with van der Waals surface area (Å²) in [7, 11) is 0. The topological polar surface area (TPSA) is 47.3 Å². The first kappa shape index (κ1) is 13.8. The molecule has 0 saturated carbocycles. The highest BCUT2D eigenvalue weighted by Crippen LogP contribution is 2.32. The van der Waals surface area contributed by atoms with E-state index in [9.17, 15) is 4.79 Å². The summed E-state index contributed by atoms with van der Waals surface area (Å²) in [5, 5.41) is 0.711. The number of pyridine rings is 1. The molecule has 0 aliphatic rings. The van der Waals surface area contributed by atoms with Gasteiger partial charge in [-0.25, -0.2) is 9.78 Å². The van der Waals surface area contributed by atoms with Crippen LogP contribution >= 0.6 is 11.8 Å². The number of rotatable bonds is 3. The van der Waals surface area contributed by atoms with Crippen LogP contribution < -0.4 is 5.69 Å². The zero-order valence-electron chi connectivity index (χ0n) is 11.9. The summed E-state index contributed by atoms with van der Waals surface area (Å²) in [6.07, 6.45) is 1.69. The summed E-state index contributed by atoms with van der Waals surface area (Å²) in [6, 6.07) is 13.9. The smallest absolute Gasteiger partial charge is 0.251 e. The van der Waals surface area contributed by atoms with Crippen molar-refractivity contribution in [1.29, 1.82) is 0 Å². The lowest BCUT2D eigenvalue weighted by Crippen LogP contribution is -2.19. The molecule has 0 bridgehead atoms. The molecule has 0 aliphatic heterocycles. The largest absolute Gasteiger partial charge is 0.355 e. The number of aromatic nitrogens is 3. The van der Waals surface area contributed by atoms with Crippen molar-refractivity contribution in [3.8, 4) is 0 Å². The fourth-order valence-electron chi connectivity index (χ4n) is 2.16. The molecule has 0 spiro atoms. The van der Waals surface area contributed by atoms with Gasteiger partial charge in [-0.1, -0.05) is 48.2 Å².